The first-order chi connectivity index (χ1) is 6.54. The Morgan fingerprint density at radius 2 is 2.36 bits per heavy atom. The number of carboxylic acid groups (broad SMARTS) is 1. The molecule has 2 heterocycles. The number of carbonyl (C=O) groups is 2. The minimum absolute atomic E-state index is 0.000417. The molecule has 0 saturated carbocycles. The molecule has 2 aliphatic heterocycles. The maximum atomic E-state index is 11.3. The first-order valence-corrected chi connectivity index (χ1v) is 5.20. The van der Waals surface area contributed by atoms with Crippen LogP contribution in [-0.2, 0) is 9.59 Å². The van der Waals surface area contributed by atoms with E-state index in [4.69, 9.17) is 5.73 Å². The van der Waals surface area contributed by atoms with Crippen LogP contribution in [0, 0.1) is 0 Å². The van der Waals surface area contributed by atoms with Crippen LogP contribution in [0.5, 0.6) is 0 Å². The number of aliphatic carboxylic acids is 1. The van der Waals surface area contributed by atoms with Crippen LogP contribution in [0.25, 0.3) is 0 Å². The highest BCUT2D eigenvalue weighted by molar-refractivity contribution is 8.00. The lowest BCUT2D eigenvalue weighted by Crippen LogP contribution is -2.69. The third kappa shape index (κ3) is 1.07. The molecule has 2 rings (SSSR count). The number of amides is 1. The van der Waals surface area contributed by atoms with Crippen LogP contribution in [0.3, 0.4) is 0 Å². The van der Waals surface area contributed by atoms with E-state index in [2.05, 4.69) is 0 Å². The van der Waals surface area contributed by atoms with Gasteiger partial charge in [0.05, 0.1) is 11.7 Å². The molecular weight excluding hydrogens is 204 g/mol. The molecule has 0 aromatic rings. The average Bonchev–Trinajstić information content (AvgIpc) is 2.15. The molecule has 6 heteroatoms. The molecule has 0 radical (unpaired) electrons. The van der Waals surface area contributed by atoms with Crippen molar-refractivity contribution in [3.05, 3.63) is 11.3 Å². The van der Waals surface area contributed by atoms with Gasteiger partial charge in [-0.15, -0.1) is 11.8 Å². The molecule has 76 valence electrons. The predicted octanol–water partition coefficient (Wildman–Crippen LogP) is -1.75. The first kappa shape index (κ1) is 9.54. The van der Waals surface area contributed by atoms with E-state index in [1.54, 1.807) is 6.92 Å². The van der Waals surface area contributed by atoms with Crippen molar-refractivity contribution in [2.24, 2.45) is 5.73 Å². The minimum atomic E-state index is -1.30. The molecule has 1 saturated heterocycles. The van der Waals surface area contributed by atoms with E-state index in [0.717, 1.165) is 0 Å². The van der Waals surface area contributed by atoms with Gasteiger partial charge in [0, 0.05) is 5.75 Å². The highest BCUT2D eigenvalue weighted by Crippen LogP contribution is 2.38. The summed E-state index contributed by atoms with van der Waals surface area (Å²) in [6.07, 6.45) is 0. The van der Waals surface area contributed by atoms with Crippen LogP contribution in [0.15, 0.2) is 11.3 Å². The Bertz CT molecular complexity index is 352. The van der Waals surface area contributed by atoms with E-state index >= 15 is 0 Å². The van der Waals surface area contributed by atoms with Crippen LogP contribution >= 0.6 is 11.8 Å². The second kappa shape index (κ2) is 2.99. The number of carboxylic acids is 1. The molecule has 0 spiro atoms. The zero-order valence-corrected chi connectivity index (χ0v) is 8.34. The van der Waals surface area contributed by atoms with Gasteiger partial charge in [0.25, 0.3) is 0 Å². The Hall–Kier alpha value is -1.01. The lowest BCUT2D eigenvalue weighted by atomic mass is 10.0. The van der Waals surface area contributed by atoms with E-state index in [1.807, 2.05) is 0 Å². The van der Waals surface area contributed by atoms with E-state index < -0.39 is 12.0 Å². The second-order valence-corrected chi connectivity index (χ2v) is 4.46. The molecule has 14 heavy (non-hydrogen) atoms. The summed E-state index contributed by atoms with van der Waals surface area (Å²) in [7, 11) is 0. The van der Waals surface area contributed by atoms with Crippen molar-refractivity contribution in [3.8, 4) is 0 Å². The molecule has 2 aliphatic rings. The van der Waals surface area contributed by atoms with Crippen LogP contribution in [0.1, 0.15) is 6.92 Å². The van der Waals surface area contributed by atoms with Crippen LogP contribution in [0.2, 0.25) is 0 Å². The number of nitrogens with two attached hydrogens (primary N) is 1. The number of hydrogen-bond acceptors (Lipinski definition) is 5. The maximum Gasteiger partial charge on any atom is 0.248 e. The topological polar surface area (TPSA) is 86.5 Å². The Balaban J connectivity index is 2.37. The van der Waals surface area contributed by atoms with Crippen molar-refractivity contribution < 1.29 is 14.7 Å². The van der Waals surface area contributed by atoms with Crippen molar-refractivity contribution in [2.75, 3.05) is 5.75 Å². The maximum absolute atomic E-state index is 11.3. The van der Waals surface area contributed by atoms with Gasteiger partial charge in [0.2, 0.25) is 5.91 Å². The number of thioether (sulfide) groups is 1. The van der Waals surface area contributed by atoms with Crippen molar-refractivity contribution >= 4 is 23.6 Å². The third-order valence-corrected chi connectivity index (χ3v) is 3.84. The summed E-state index contributed by atoms with van der Waals surface area (Å²) in [6, 6.07) is -0.567. The molecule has 0 aliphatic carbocycles. The number of carbonyl (C=O) groups excluding carboxylic acids is 2. The molecule has 0 bridgehead atoms. The monoisotopic (exact) mass is 213 g/mol. The molecule has 2 atom stereocenters. The predicted molar refractivity (Wildman–Crippen MR) is 48.8 cm³/mol. The normalized spacial score (nSPS) is 31.3. The first-order valence-electron chi connectivity index (χ1n) is 4.15. The minimum Gasteiger partial charge on any atom is -0.543 e. The summed E-state index contributed by atoms with van der Waals surface area (Å²) in [5, 5.41) is 10.6. The van der Waals surface area contributed by atoms with E-state index in [0.29, 0.717) is 11.3 Å². The number of β-lactam (4-membered cyclic amide) rings is 1. The number of nitrogens with zero attached hydrogens (tertiary/aromatic N) is 1. The number of fused-ring (bicyclic) bond motifs is 1. The molecule has 0 aromatic heterocycles. The Labute approximate surface area is 84.9 Å². The van der Waals surface area contributed by atoms with Crippen molar-refractivity contribution in [2.45, 2.75) is 18.3 Å². The summed E-state index contributed by atoms with van der Waals surface area (Å²) in [5.41, 5.74) is 6.20. The Morgan fingerprint density at radius 1 is 1.71 bits per heavy atom. The van der Waals surface area contributed by atoms with Gasteiger partial charge in [-0.05, 0) is 12.5 Å². The van der Waals surface area contributed by atoms with Crippen molar-refractivity contribution in [1.82, 2.24) is 4.90 Å². The van der Waals surface area contributed by atoms with Gasteiger partial charge in [-0.3, -0.25) is 9.69 Å². The largest absolute Gasteiger partial charge is 0.543 e. The fourth-order valence-corrected chi connectivity index (χ4v) is 2.90. The molecule has 2 N–H and O–H groups in total. The fourth-order valence-electron chi connectivity index (χ4n) is 1.66. The smallest absolute Gasteiger partial charge is 0.248 e. The molecule has 5 nitrogen and oxygen atoms in total. The lowest BCUT2D eigenvalue weighted by Gasteiger charge is -2.49. The van der Waals surface area contributed by atoms with Crippen LogP contribution < -0.4 is 10.8 Å². The molecule has 1 amide bonds. The number of hydrogen-bond donors (Lipinski definition) is 1. The zero-order chi connectivity index (χ0) is 10.5. The standard InChI is InChI=1S/C8H10N2O3S/c1-3-2-14-7-4(9)6(11)10(7)5(3)8(12)13/h4,7H,2,9H2,1H3,(H,12,13)/p-1. The van der Waals surface area contributed by atoms with Crippen molar-refractivity contribution in [1.29, 1.82) is 0 Å². The van der Waals surface area contributed by atoms with Gasteiger partial charge in [-0.25, -0.2) is 0 Å². The summed E-state index contributed by atoms with van der Waals surface area (Å²) in [5.74, 6) is -1.04. The third-order valence-electron chi connectivity index (χ3n) is 2.39. The summed E-state index contributed by atoms with van der Waals surface area (Å²) >= 11 is 1.49. The quantitative estimate of drug-likeness (QED) is 0.522. The summed E-state index contributed by atoms with van der Waals surface area (Å²) < 4.78 is 0. The highest BCUT2D eigenvalue weighted by Gasteiger charge is 2.49. The van der Waals surface area contributed by atoms with E-state index in [9.17, 15) is 14.7 Å². The lowest BCUT2D eigenvalue weighted by molar-refractivity contribution is -0.301. The van der Waals surface area contributed by atoms with E-state index in [1.165, 1.54) is 16.7 Å². The van der Waals surface area contributed by atoms with E-state index in [-0.39, 0.29) is 17.0 Å². The van der Waals surface area contributed by atoms with Crippen molar-refractivity contribution in [3.63, 3.8) is 0 Å². The second-order valence-electron chi connectivity index (χ2n) is 3.35. The zero-order valence-electron chi connectivity index (χ0n) is 7.52. The van der Waals surface area contributed by atoms with Gasteiger partial charge in [-0.2, -0.15) is 0 Å². The molecular formula is C8H9N2O3S-. The molecule has 1 fully saturated rings. The number of rotatable bonds is 1. The van der Waals surface area contributed by atoms with Gasteiger partial charge >= 0.3 is 0 Å². The molecule has 2 unspecified atom stereocenters. The Morgan fingerprint density at radius 3 is 2.93 bits per heavy atom. The van der Waals surface area contributed by atoms with Gasteiger partial charge < -0.3 is 15.6 Å². The van der Waals surface area contributed by atoms with Gasteiger partial charge in [-0.1, -0.05) is 0 Å². The van der Waals surface area contributed by atoms with Gasteiger partial charge in [0.1, 0.15) is 11.4 Å². The average molecular weight is 213 g/mol. The van der Waals surface area contributed by atoms with Gasteiger partial charge in [0.15, 0.2) is 0 Å². The highest BCUT2D eigenvalue weighted by atomic mass is 32.2. The summed E-state index contributed by atoms with van der Waals surface area (Å²) in [6.45, 7) is 1.69. The van der Waals surface area contributed by atoms with Crippen LogP contribution in [0.4, 0.5) is 0 Å². The molecule has 0 aromatic carbocycles. The SMILES string of the molecule is CC1=C(C(=O)[O-])N2C(=O)C(N)C2SC1. The Kier molecular flexibility index (Phi) is 2.04. The van der Waals surface area contributed by atoms with Crippen LogP contribution in [-0.4, -0.2) is 33.9 Å². The fraction of sp³-hybridized carbons (Fsp3) is 0.500. The summed E-state index contributed by atoms with van der Waals surface area (Å²) in [4.78, 5) is 23.3.